The summed E-state index contributed by atoms with van der Waals surface area (Å²) in [7, 11) is 0. The second kappa shape index (κ2) is 6.41. The molecule has 1 aromatic heterocycles. The second-order valence-electron chi connectivity index (χ2n) is 5.21. The molecule has 110 valence electrons. The fourth-order valence-corrected chi connectivity index (χ4v) is 2.76. The maximum Gasteiger partial charge on any atom is 0.123 e. The molecule has 1 fully saturated rings. The summed E-state index contributed by atoms with van der Waals surface area (Å²) < 4.78 is 12.9. The van der Waals surface area contributed by atoms with Crippen LogP contribution in [0.3, 0.4) is 0 Å². The lowest BCUT2D eigenvalue weighted by atomic mass is 10.2. The van der Waals surface area contributed by atoms with Gasteiger partial charge in [-0.3, -0.25) is 9.88 Å². The Balaban J connectivity index is 1.56. The average molecular weight is 306 g/mol. The SMILES string of the molecule is Fc1ccc(N2CCN(Cc3cc(Cl)ccn3)CC2)cc1. The average Bonchev–Trinajstić information content (AvgIpc) is 2.49. The summed E-state index contributed by atoms with van der Waals surface area (Å²) >= 11 is 5.98. The Morgan fingerprint density at radius 2 is 1.76 bits per heavy atom. The number of pyridine rings is 1. The molecule has 1 aliphatic rings. The van der Waals surface area contributed by atoms with Crippen LogP contribution in [0.2, 0.25) is 5.02 Å². The van der Waals surface area contributed by atoms with E-state index in [9.17, 15) is 4.39 Å². The Morgan fingerprint density at radius 1 is 1.05 bits per heavy atom. The number of benzene rings is 1. The number of hydrogen-bond acceptors (Lipinski definition) is 3. The van der Waals surface area contributed by atoms with Crippen molar-refractivity contribution >= 4 is 17.3 Å². The van der Waals surface area contributed by atoms with E-state index < -0.39 is 0 Å². The first-order valence-corrected chi connectivity index (χ1v) is 7.42. The van der Waals surface area contributed by atoms with Gasteiger partial charge in [-0.1, -0.05) is 11.6 Å². The van der Waals surface area contributed by atoms with Gasteiger partial charge in [0.25, 0.3) is 0 Å². The van der Waals surface area contributed by atoms with Crippen molar-refractivity contribution < 1.29 is 4.39 Å². The van der Waals surface area contributed by atoms with E-state index in [0.717, 1.165) is 49.1 Å². The fraction of sp³-hybridized carbons (Fsp3) is 0.312. The maximum atomic E-state index is 12.9. The van der Waals surface area contributed by atoms with Crippen molar-refractivity contribution in [3.8, 4) is 0 Å². The Hall–Kier alpha value is -1.65. The third-order valence-corrected chi connectivity index (χ3v) is 3.96. The topological polar surface area (TPSA) is 19.4 Å². The smallest absolute Gasteiger partial charge is 0.123 e. The molecule has 1 saturated heterocycles. The van der Waals surface area contributed by atoms with Crippen LogP contribution in [0.15, 0.2) is 42.6 Å². The van der Waals surface area contributed by atoms with Gasteiger partial charge in [0.15, 0.2) is 0 Å². The number of halogens is 2. The molecular formula is C16H17ClFN3. The first-order chi connectivity index (χ1) is 10.2. The minimum atomic E-state index is -0.190. The zero-order chi connectivity index (χ0) is 14.7. The largest absolute Gasteiger partial charge is 0.369 e. The van der Waals surface area contributed by atoms with Crippen molar-refractivity contribution in [2.24, 2.45) is 0 Å². The molecule has 0 spiro atoms. The quantitative estimate of drug-likeness (QED) is 0.868. The van der Waals surface area contributed by atoms with Crippen molar-refractivity contribution in [3.63, 3.8) is 0 Å². The van der Waals surface area contributed by atoms with Crippen molar-refractivity contribution in [1.82, 2.24) is 9.88 Å². The van der Waals surface area contributed by atoms with E-state index in [2.05, 4.69) is 14.8 Å². The number of anilines is 1. The molecule has 0 aliphatic carbocycles. The molecule has 3 nitrogen and oxygen atoms in total. The molecule has 2 aromatic rings. The number of piperazine rings is 1. The molecule has 21 heavy (non-hydrogen) atoms. The van der Waals surface area contributed by atoms with Crippen LogP contribution in [-0.4, -0.2) is 36.1 Å². The second-order valence-corrected chi connectivity index (χ2v) is 5.64. The van der Waals surface area contributed by atoms with E-state index in [-0.39, 0.29) is 5.82 Å². The predicted octanol–water partition coefficient (Wildman–Crippen LogP) is 3.20. The summed E-state index contributed by atoms with van der Waals surface area (Å²) in [6.07, 6.45) is 1.74. The van der Waals surface area contributed by atoms with Crippen molar-refractivity contribution in [2.75, 3.05) is 31.1 Å². The van der Waals surface area contributed by atoms with E-state index in [0.29, 0.717) is 0 Å². The highest BCUT2D eigenvalue weighted by Gasteiger charge is 2.17. The van der Waals surface area contributed by atoms with E-state index in [1.165, 1.54) is 12.1 Å². The zero-order valence-electron chi connectivity index (χ0n) is 11.7. The Morgan fingerprint density at radius 3 is 2.43 bits per heavy atom. The molecule has 1 aliphatic heterocycles. The minimum Gasteiger partial charge on any atom is -0.369 e. The van der Waals surface area contributed by atoms with Gasteiger partial charge >= 0.3 is 0 Å². The number of aromatic nitrogens is 1. The minimum absolute atomic E-state index is 0.190. The molecule has 2 heterocycles. The van der Waals surface area contributed by atoms with Crippen LogP contribution in [0.25, 0.3) is 0 Å². The van der Waals surface area contributed by atoms with Gasteiger partial charge in [0.2, 0.25) is 0 Å². The molecule has 0 N–H and O–H groups in total. The standard InChI is InChI=1S/C16H17ClFN3/c17-13-5-6-19-15(11-13)12-20-7-9-21(10-8-20)16-3-1-14(18)2-4-16/h1-6,11H,7-10,12H2. The number of rotatable bonds is 3. The molecule has 0 radical (unpaired) electrons. The highest BCUT2D eigenvalue weighted by molar-refractivity contribution is 6.30. The van der Waals surface area contributed by atoms with E-state index >= 15 is 0 Å². The van der Waals surface area contributed by atoms with Crippen molar-refractivity contribution in [2.45, 2.75) is 6.54 Å². The van der Waals surface area contributed by atoms with Crippen LogP contribution in [0.4, 0.5) is 10.1 Å². The zero-order valence-corrected chi connectivity index (χ0v) is 12.4. The molecule has 0 unspecified atom stereocenters. The van der Waals surface area contributed by atoms with Gasteiger partial charge in [0.1, 0.15) is 5.82 Å². The van der Waals surface area contributed by atoms with Crippen LogP contribution in [-0.2, 0) is 6.54 Å². The monoisotopic (exact) mass is 305 g/mol. The molecule has 1 aromatic carbocycles. The van der Waals surface area contributed by atoms with Crippen LogP contribution in [0.5, 0.6) is 0 Å². The summed E-state index contributed by atoms with van der Waals surface area (Å²) in [6, 6.07) is 10.4. The van der Waals surface area contributed by atoms with Crippen LogP contribution >= 0.6 is 11.6 Å². The molecule has 0 atom stereocenters. The van der Waals surface area contributed by atoms with Gasteiger partial charge < -0.3 is 4.90 Å². The third-order valence-electron chi connectivity index (χ3n) is 3.73. The summed E-state index contributed by atoms with van der Waals surface area (Å²) in [5.74, 6) is -0.190. The van der Waals surface area contributed by atoms with Gasteiger partial charge in [-0.15, -0.1) is 0 Å². The summed E-state index contributed by atoms with van der Waals surface area (Å²) in [4.78, 5) is 8.98. The summed E-state index contributed by atoms with van der Waals surface area (Å²) in [6.45, 7) is 4.62. The molecule has 0 bridgehead atoms. The third kappa shape index (κ3) is 3.71. The molecule has 0 saturated carbocycles. The first kappa shape index (κ1) is 14.3. The lowest BCUT2D eigenvalue weighted by Crippen LogP contribution is -2.46. The first-order valence-electron chi connectivity index (χ1n) is 7.04. The van der Waals surface area contributed by atoms with Crippen LogP contribution in [0.1, 0.15) is 5.69 Å². The lowest BCUT2D eigenvalue weighted by molar-refractivity contribution is 0.247. The Bertz CT molecular complexity index is 595. The van der Waals surface area contributed by atoms with Crippen molar-refractivity contribution in [3.05, 3.63) is 59.1 Å². The van der Waals surface area contributed by atoms with E-state index in [1.807, 2.05) is 18.2 Å². The Labute approximate surface area is 129 Å². The summed E-state index contributed by atoms with van der Waals surface area (Å²) in [5, 5.41) is 0.727. The lowest BCUT2D eigenvalue weighted by Gasteiger charge is -2.36. The van der Waals surface area contributed by atoms with Crippen molar-refractivity contribution in [1.29, 1.82) is 0 Å². The molecule has 3 rings (SSSR count). The van der Waals surface area contributed by atoms with Crippen LogP contribution < -0.4 is 4.90 Å². The number of hydrogen-bond donors (Lipinski definition) is 0. The Kier molecular flexibility index (Phi) is 4.36. The fourth-order valence-electron chi connectivity index (χ4n) is 2.58. The number of nitrogens with zero attached hydrogens (tertiary/aromatic N) is 3. The van der Waals surface area contributed by atoms with Gasteiger partial charge in [-0.05, 0) is 36.4 Å². The van der Waals surface area contributed by atoms with E-state index in [4.69, 9.17) is 11.6 Å². The molecule has 5 heteroatoms. The molecule has 0 amide bonds. The van der Waals surface area contributed by atoms with Gasteiger partial charge in [-0.2, -0.15) is 0 Å². The van der Waals surface area contributed by atoms with Crippen LogP contribution in [0, 0.1) is 5.82 Å². The maximum absolute atomic E-state index is 12.9. The normalized spacial score (nSPS) is 16.2. The molecular weight excluding hydrogens is 289 g/mol. The van der Waals surface area contributed by atoms with Gasteiger partial charge in [0.05, 0.1) is 5.69 Å². The summed E-state index contributed by atoms with van der Waals surface area (Å²) in [5.41, 5.74) is 2.08. The highest BCUT2D eigenvalue weighted by atomic mass is 35.5. The predicted molar refractivity (Wildman–Crippen MR) is 83.1 cm³/mol. The van der Waals surface area contributed by atoms with Gasteiger partial charge in [-0.25, -0.2) is 4.39 Å². The van der Waals surface area contributed by atoms with Gasteiger partial charge in [0, 0.05) is 49.6 Å². The highest BCUT2D eigenvalue weighted by Crippen LogP contribution is 2.18. The van der Waals surface area contributed by atoms with E-state index in [1.54, 1.807) is 12.3 Å².